The maximum Gasteiger partial charge on any atom is 0.224 e. The van der Waals surface area contributed by atoms with Crippen LogP contribution in [-0.4, -0.2) is 39.5 Å². The predicted octanol–water partition coefficient (Wildman–Crippen LogP) is 3.05. The first-order valence-corrected chi connectivity index (χ1v) is 10.3. The third-order valence-corrected chi connectivity index (χ3v) is 6.35. The number of nitrogens with one attached hydrogen (secondary N) is 1. The van der Waals surface area contributed by atoms with Gasteiger partial charge in [-0.25, -0.2) is 8.78 Å². The summed E-state index contributed by atoms with van der Waals surface area (Å²) >= 11 is 5.77. The summed E-state index contributed by atoms with van der Waals surface area (Å²) in [5, 5.41) is 35.2. The van der Waals surface area contributed by atoms with E-state index in [4.69, 9.17) is 16.3 Å². The molecule has 1 aliphatic carbocycles. The van der Waals surface area contributed by atoms with E-state index in [1.165, 1.54) is 18.2 Å². The number of fused-ring (bicyclic) bond motifs is 1. The SMILES string of the molecule is O=C1CCc2c(OCC3(O)CCC(O)(c4ccc(Cl)cc4F)CC3O)ccc(F)c2N1. The van der Waals surface area contributed by atoms with Gasteiger partial charge in [-0.1, -0.05) is 17.7 Å². The summed E-state index contributed by atoms with van der Waals surface area (Å²) in [5.41, 5.74) is -2.83. The zero-order valence-corrected chi connectivity index (χ0v) is 17.3. The Kier molecular flexibility index (Phi) is 5.68. The molecule has 6 nitrogen and oxygen atoms in total. The molecule has 0 aromatic heterocycles. The Hall–Kier alpha value is -2.26. The molecule has 1 heterocycles. The van der Waals surface area contributed by atoms with Crippen molar-refractivity contribution in [1.82, 2.24) is 0 Å². The summed E-state index contributed by atoms with van der Waals surface area (Å²) in [6.07, 6.45) is -1.32. The lowest BCUT2D eigenvalue weighted by Crippen LogP contribution is -2.55. The molecule has 9 heteroatoms. The van der Waals surface area contributed by atoms with E-state index in [1.807, 2.05) is 0 Å². The molecule has 2 aromatic rings. The number of amides is 1. The molecule has 1 saturated carbocycles. The monoisotopic (exact) mass is 453 g/mol. The number of carbonyl (C=O) groups excluding carboxylic acids is 1. The van der Waals surface area contributed by atoms with E-state index in [0.717, 1.165) is 12.1 Å². The van der Waals surface area contributed by atoms with Crippen LogP contribution in [0.2, 0.25) is 5.02 Å². The number of ether oxygens (including phenoxy) is 1. The number of anilines is 1. The minimum absolute atomic E-state index is 0.00210. The van der Waals surface area contributed by atoms with Gasteiger partial charge >= 0.3 is 0 Å². The lowest BCUT2D eigenvalue weighted by molar-refractivity contribution is -0.172. The summed E-state index contributed by atoms with van der Waals surface area (Å²) in [6, 6.07) is 6.46. The van der Waals surface area contributed by atoms with Crippen molar-refractivity contribution in [3.63, 3.8) is 0 Å². The molecule has 4 N–H and O–H groups in total. The average Bonchev–Trinajstić information content (AvgIpc) is 2.71. The van der Waals surface area contributed by atoms with E-state index in [2.05, 4.69) is 5.32 Å². The van der Waals surface area contributed by atoms with Crippen LogP contribution in [0.3, 0.4) is 0 Å². The molecule has 1 amide bonds. The van der Waals surface area contributed by atoms with Gasteiger partial charge in [-0.15, -0.1) is 0 Å². The van der Waals surface area contributed by atoms with Crippen LogP contribution in [0.5, 0.6) is 5.75 Å². The van der Waals surface area contributed by atoms with Gasteiger partial charge in [-0.05, 0) is 43.5 Å². The summed E-state index contributed by atoms with van der Waals surface area (Å²) in [4.78, 5) is 11.6. The third kappa shape index (κ3) is 4.13. The second kappa shape index (κ2) is 8.02. The van der Waals surface area contributed by atoms with Gasteiger partial charge in [0.05, 0.1) is 17.4 Å². The Bertz CT molecular complexity index is 1040. The molecule has 31 heavy (non-hydrogen) atoms. The van der Waals surface area contributed by atoms with Crippen LogP contribution >= 0.6 is 11.6 Å². The van der Waals surface area contributed by atoms with Crippen LogP contribution in [0, 0.1) is 11.6 Å². The number of hydrogen-bond donors (Lipinski definition) is 4. The Labute approximate surface area is 182 Å². The third-order valence-electron chi connectivity index (χ3n) is 6.12. The molecule has 0 spiro atoms. The lowest BCUT2D eigenvalue weighted by atomic mass is 9.71. The molecule has 1 aliphatic heterocycles. The summed E-state index contributed by atoms with van der Waals surface area (Å²) in [5.74, 6) is -1.27. The molecule has 3 unspecified atom stereocenters. The number of benzene rings is 2. The fourth-order valence-corrected chi connectivity index (χ4v) is 4.40. The summed E-state index contributed by atoms with van der Waals surface area (Å²) in [7, 11) is 0. The molecule has 0 radical (unpaired) electrons. The highest BCUT2D eigenvalue weighted by molar-refractivity contribution is 6.30. The lowest BCUT2D eigenvalue weighted by Gasteiger charge is -2.44. The molecule has 4 rings (SSSR count). The molecule has 0 saturated heterocycles. The quantitative estimate of drug-likeness (QED) is 0.570. The van der Waals surface area contributed by atoms with E-state index in [-0.39, 0.29) is 60.9 Å². The van der Waals surface area contributed by atoms with Crippen LogP contribution < -0.4 is 10.1 Å². The summed E-state index contributed by atoms with van der Waals surface area (Å²) in [6.45, 7) is -0.320. The number of hydrogen-bond acceptors (Lipinski definition) is 5. The van der Waals surface area contributed by atoms with Crippen molar-refractivity contribution in [3.8, 4) is 5.75 Å². The highest BCUT2D eigenvalue weighted by Crippen LogP contribution is 2.43. The highest BCUT2D eigenvalue weighted by atomic mass is 35.5. The first kappa shape index (κ1) is 22.0. The van der Waals surface area contributed by atoms with E-state index in [9.17, 15) is 28.9 Å². The van der Waals surface area contributed by atoms with Crippen LogP contribution in [-0.2, 0) is 16.8 Å². The first-order valence-electron chi connectivity index (χ1n) is 9.94. The van der Waals surface area contributed by atoms with Crippen LogP contribution in [0.4, 0.5) is 14.5 Å². The van der Waals surface area contributed by atoms with Gasteiger partial charge in [-0.2, -0.15) is 0 Å². The van der Waals surface area contributed by atoms with E-state index < -0.39 is 28.9 Å². The summed E-state index contributed by atoms with van der Waals surface area (Å²) < 4.78 is 34.1. The number of rotatable bonds is 4. The van der Waals surface area contributed by atoms with Crippen molar-refractivity contribution in [2.45, 2.75) is 49.4 Å². The maximum absolute atomic E-state index is 14.3. The van der Waals surface area contributed by atoms with Crippen molar-refractivity contribution in [1.29, 1.82) is 0 Å². The molecule has 3 atom stereocenters. The van der Waals surface area contributed by atoms with E-state index >= 15 is 0 Å². The van der Waals surface area contributed by atoms with Crippen LogP contribution in [0.25, 0.3) is 0 Å². The Morgan fingerprint density at radius 3 is 2.61 bits per heavy atom. The minimum Gasteiger partial charge on any atom is -0.490 e. The predicted molar refractivity (Wildman–Crippen MR) is 109 cm³/mol. The fraction of sp³-hybridized carbons (Fsp3) is 0.409. The van der Waals surface area contributed by atoms with Gasteiger partial charge < -0.3 is 25.4 Å². The molecular weight excluding hydrogens is 432 g/mol. The number of aliphatic hydroxyl groups excluding tert-OH is 1. The molecule has 2 aromatic carbocycles. The largest absolute Gasteiger partial charge is 0.490 e. The zero-order chi connectivity index (χ0) is 22.4. The Morgan fingerprint density at radius 2 is 1.90 bits per heavy atom. The van der Waals surface area contributed by atoms with Gasteiger partial charge in [0.2, 0.25) is 5.91 Å². The molecular formula is C22H22ClF2NO5. The fourth-order valence-electron chi connectivity index (χ4n) is 4.24. The Balaban J connectivity index is 1.50. The van der Waals surface area contributed by atoms with Gasteiger partial charge in [0.25, 0.3) is 0 Å². The van der Waals surface area contributed by atoms with Gasteiger partial charge in [0, 0.05) is 29.0 Å². The van der Waals surface area contributed by atoms with Crippen molar-refractivity contribution < 1.29 is 33.6 Å². The van der Waals surface area contributed by atoms with Crippen LogP contribution in [0.15, 0.2) is 30.3 Å². The maximum atomic E-state index is 14.3. The molecule has 166 valence electrons. The highest BCUT2D eigenvalue weighted by Gasteiger charge is 2.49. The van der Waals surface area contributed by atoms with E-state index in [0.29, 0.717) is 11.3 Å². The van der Waals surface area contributed by atoms with Crippen LogP contribution in [0.1, 0.15) is 36.8 Å². The van der Waals surface area contributed by atoms with E-state index in [1.54, 1.807) is 0 Å². The number of halogens is 3. The topological polar surface area (TPSA) is 99.0 Å². The second-order valence-corrected chi connectivity index (χ2v) is 8.65. The van der Waals surface area contributed by atoms with Gasteiger partial charge in [0.1, 0.15) is 29.6 Å². The number of carbonyl (C=O) groups is 1. The molecule has 1 fully saturated rings. The average molecular weight is 454 g/mol. The smallest absolute Gasteiger partial charge is 0.224 e. The normalized spacial score (nSPS) is 28.1. The van der Waals surface area contributed by atoms with Crippen molar-refractivity contribution in [3.05, 3.63) is 58.1 Å². The Morgan fingerprint density at radius 1 is 1.13 bits per heavy atom. The standard InChI is InChI=1S/C22H22ClF2NO5/c23-12-1-3-14(16(25)9-12)21(29)7-8-22(30,18(27)10-21)11-31-17-5-4-15(24)20-13(17)2-6-19(28)26-20/h1,3-5,9,18,27,29-30H,2,6-8,10-11H2,(H,26,28). The minimum atomic E-state index is -1.70. The van der Waals surface area contributed by atoms with Gasteiger partial charge in [-0.3, -0.25) is 4.79 Å². The number of aliphatic hydroxyl groups is 3. The van der Waals surface area contributed by atoms with Crippen molar-refractivity contribution >= 4 is 23.2 Å². The molecule has 0 bridgehead atoms. The van der Waals surface area contributed by atoms with Crippen molar-refractivity contribution in [2.75, 3.05) is 11.9 Å². The van der Waals surface area contributed by atoms with Crippen molar-refractivity contribution in [2.24, 2.45) is 0 Å². The zero-order valence-electron chi connectivity index (χ0n) is 16.5. The first-order chi connectivity index (χ1) is 14.6. The van der Waals surface area contributed by atoms with Gasteiger partial charge in [0.15, 0.2) is 0 Å². The second-order valence-electron chi connectivity index (χ2n) is 8.22. The molecule has 2 aliphatic rings.